The van der Waals surface area contributed by atoms with Crippen LogP contribution in [0.3, 0.4) is 0 Å². The first-order valence-corrected chi connectivity index (χ1v) is 9.14. The first-order chi connectivity index (χ1) is 11.2. The highest BCUT2D eigenvalue weighted by Gasteiger charge is 2.21. The molecule has 1 aliphatic rings. The van der Waals surface area contributed by atoms with E-state index in [-0.39, 0.29) is 0 Å². The van der Waals surface area contributed by atoms with Crippen LogP contribution in [0.4, 0.5) is 5.82 Å². The summed E-state index contributed by atoms with van der Waals surface area (Å²) in [4.78, 5) is 12.7. The molecule has 0 atom stereocenters. The first kappa shape index (κ1) is 14.6. The number of rotatable bonds is 2. The quantitative estimate of drug-likeness (QED) is 0.671. The van der Waals surface area contributed by atoms with Gasteiger partial charge >= 0.3 is 0 Å². The summed E-state index contributed by atoms with van der Waals surface area (Å²) >= 11 is 1.71. The number of nitrogens with zero attached hydrogens (tertiary/aromatic N) is 3. The number of anilines is 1. The molecule has 4 rings (SSSR count). The minimum absolute atomic E-state index is 0.822. The summed E-state index contributed by atoms with van der Waals surface area (Å²) in [6, 6.07) is 8.74. The molecule has 0 unspecified atom stereocenters. The summed E-state index contributed by atoms with van der Waals surface area (Å²) in [5.41, 5.74) is 3.80. The van der Waals surface area contributed by atoms with Gasteiger partial charge in [0.05, 0.1) is 5.39 Å². The van der Waals surface area contributed by atoms with Crippen LogP contribution < -0.4 is 4.90 Å². The SMILES string of the molecule is Cc1ccc(-c2csc3ncnc(N4CCC(C)CC4)c23)cc1. The average molecular weight is 323 g/mol. The van der Waals surface area contributed by atoms with Crippen molar-refractivity contribution in [2.24, 2.45) is 5.92 Å². The summed E-state index contributed by atoms with van der Waals surface area (Å²) in [6.45, 7) is 6.65. The minimum atomic E-state index is 0.822. The molecule has 4 heteroatoms. The van der Waals surface area contributed by atoms with Crippen LogP contribution in [0.25, 0.3) is 21.3 Å². The molecule has 1 aromatic carbocycles. The van der Waals surface area contributed by atoms with Gasteiger partial charge in [-0.2, -0.15) is 0 Å². The van der Waals surface area contributed by atoms with Crippen molar-refractivity contribution in [2.75, 3.05) is 18.0 Å². The van der Waals surface area contributed by atoms with E-state index >= 15 is 0 Å². The van der Waals surface area contributed by atoms with Crippen molar-refractivity contribution in [1.82, 2.24) is 9.97 Å². The number of aryl methyl sites for hydroxylation is 1. The van der Waals surface area contributed by atoms with Gasteiger partial charge < -0.3 is 4.90 Å². The molecule has 1 saturated heterocycles. The van der Waals surface area contributed by atoms with E-state index in [0.29, 0.717) is 0 Å². The van der Waals surface area contributed by atoms with Gasteiger partial charge in [-0.05, 0) is 31.2 Å². The Morgan fingerprint density at radius 2 is 1.83 bits per heavy atom. The van der Waals surface area contributed by atoms with Gasteiger partial charge in [0.15, 0.2) is 0 Å². The van der Waals surface area contributed by atoms with Gasteiger partial charge in [0.2, 0.25) is 0 Å². The molecule has 0 bridgehead atoms. The molecule has 0 N–H and O–H groups in total. The van der Waals surface area contributed by atoms with E-state index in [0.717, 1.165) is 29.7 Å². The second kappa shape index (κ2) is 5.93. The molecule has 3 aromatic rings. The van der Waals surface area contributed by atoms with Crippen molar-refractivity contribution < 1.29 is 0 Å². The van der Waals surface area contributed by atoms with Crippen molar-refractivity contribution in [2.45, 2.75) is 26.7 Å². The maximum atomic E-state index is 4.65. The van der Waals surface area contributed by atoms with Crippen LogP contribution >= 0.6 is 11.3 Å². The van der Waals surface area contributed by atoms with Crippen LogP contribution in [0.1, 0.15) is 25.3 Å². The van der Waals surface area contributed by atoms with Crippen LogP contribution in [0.2, 0.25) is 0 Å². The fraction of sp³-hybridized carbons (Fsp3) is 0.368. The molecule has 1 aliphatic heterocycles. The third-order valence-electron chi connectivity index (χ3n) is 4.80. The van der Waals surface area contributed by atoms with Crippen molar-refractivity contribution in [3.63, 3.8) is 0 Å². The van der Waals surface area contributed by atoms with Gasteiger partial charge in [-0.15, -0.1) is 11.3 Å². The predicted octanol–water partition coefficient (Wildman–Crippen LogP) is 4.90. The topological polar surface area (TPSA) is 29.0 Å². The average Bonchev–Trinajstić information content (AvgIpc) is 3.00. The maximum absolute atomic E-state index is 4.65. The number of piperidine rings is 1. The standard InChI is InChI=1S/C19H21N3S/c1-13-3-5-15(6-4-13)16-11-23-19-17(16)18(20-12-21-19)22-9-7-14(2)8-10-22/h3-6,11-12,14H,7-10H2,1-2H3. The molecule has 23 heavy (non-hydrogen) atoms. The molecule has 2 aromatic heterocycles. The number of aromatic nitrogens is 2. The van der Waals surface area contributed by atoms with Gasteiger partial charge in [0.25, 0.3) is 0 Å². The van der Waals surface area contributed by atoms with Gasteiger partial charge in [-0.3, -0.25) is 0 Å². The molecule has 0 amide bonds. The Morgan fingerprint density at radius 1 is 1.09 bits per heavy atom. The molecule has 0 aliphatic carbocycles. The maximum Gasteiger partial charge on any atom is 0.141 e. The van der Waals surface area contributed by atoms with Gasteiger partial charge in [-0.1, -0.05) is 36.8 Å². The zero-order valence-electron chi connectivity index (χ0n) is 13.6. The highest BCUT2D eigenvalue weighted by molar-refractivity contribution is 7.17. The number of thiophene rings is 1. The van der Waals surface area contributed by atoms with Crippen molar-refractivity contribution in [3.05, 3.63) is 41.5 Å². The molecule has 0 saturated carbocycles. The predicted molar refractivity (Wildman–Crippen MR) is 98.2 cm³/mol. The minimum Gasteiger partial charge on any atom is -0.356 e. The lowest BCUT2D eigenvalue weighted by atomic mass is 9.98. The Balaban J connectivity index is 1.82. The Kier molecular flexibility index (Phi) is 3.77. The fourth-order valence-electron chi connectivity index (χ4n) is 3.27. The lowest BCUT2D eigenvalue weighted by Gasteiger charge is -2.31. The number of hydrogen-bond acceptors (Lipinski definition) is 4. The lowest BCUT2D eigenvalue weighted by molar-refractivity contribution is 0.437. The summed E-state index contributed by atoms with van der Waals surface area (Å²) in [7, 11) is 0. The molecule has 0 spiro atoms. The zero-order chi connectivity index (χ0) is 15.8. The van der Waals surface area contributed by atoms with Crippen LogP contribution in [-0.2, 0) is 0 Å². The van der Waals surface area contributed by atoms with E-state index < -0.39 is 0 Å². The summed E-state index contributed by atoms with van der Waals surface area (Å²) in [5.74, 6) is 1.93. The van der Waals surface area contributed by atoms with Gasteiger partial charge in [-0.25, -0.2) is 9.97 Å². The molecule has 0 radical (unpaired) electrons. The molecule has 1 fully saturated rings. The van der Waals surface area contributed by atoms with Crippen molar-refractivity contribution in [3.8, 4) is 11.1 Å². The van der Waals surface area contributed by atoms with E-state index in [1.807, 2.05) is 0 Å². The first-order valence-electron chi connectivity index (χ1n) is 8.26. The van der Waals surface area contributed by atoms with Crippen molar-refractivity contribution >= 4 is 27.4 Å². The summed E-state index contributed by atoms with van der Waals surface area (Å²) in [5, 5.41) is 3.44. The molecule has 3 nitrogen and oxygen atoms in total. The van der Waals surface area contributed by atoms with Crippen LogP contribution in [0.5, 0.6) is 0 Å². The van der Waals surface area contributed by atoms with E-state index in [2.05, 4.69) is 58.4 Å². The third-order valence-corrected chi connectivity index (χ3v) is 5.68. The van der Waals surface area contributed by atoms with Crippen molar-refractivity contribution in [1.29, 1.82) is 0 Å². The van der Waals surface area contributed by atoms with Gasteiger partial charge in [0.1, 0.15) is 17.0 Å². The van der Waals surface area contributed by atoms with Crippen LogP contribution in [-0.4, -0.2) is 23.1 Å². The smallest absolute Gasteiger partial charge is 0.141 e. The Labute approximate surface area is 141 Å². The normalized spacial score (nSPS) is 16.2. The number of hydrogen-bond donors (Lipinski definition) is 0. The van der Waals surface area contributed by atoms with E-state index in [1.54, 1.807) is 17.7 Å². The van der Waals surface area contributed by atoms with E-state index in [9.17, 15) is 0 Å². The molecule has 3 heterocycles. The zero-order valence-corrected chi connectivity index (χ0v) is 14.4. The fourth-order valence-corrected chi connectivity index (χ4v) is 4.18. The Hall–Kier alpha value is -1.94. The molecule has 118 valence electrons. The Morgan fingerprint density at radius 3 is 2.57 bits per heavy atom. The third kappa shape index (κ3) is 2.72. The number of fused-ring (bicyclic) bond motifs is 1. The Bertz CT molecular complexity index is 814. The molecular weight excluding hydrogens is 302 g/mol. The second-order valence-electron chi connectivity index (χ2n) is 6.56. The molecular formula is C19H21N3S. The lowest BCUT2D eigenvalue weighted by Crippen LogP contribution is -2.33. The van der Waals surface area contributed by atoms with E-state index in [4.69, 9.17) is 0 Å². The summed E-state index contributed by atoms with van der Waals surface area (Å²) in [6.07, 6.45) is 4.20. The highest BCUT2D eigenvalue weighted by Crippen LogP contribution is 2.38. The second-order valence-corrected chi connectivity index (χ2v) is 7.42. The highest BCUT2D eigenvalue weighted by atomic mass is 32.1. The van der Waals surface area contributed by atoms with Crippen LogP contribution in [0, 0.1) is 12.8 Å². The largest absolute Gasteiger partial charge is 0.356 e. The number of benzene rings is 1. The summed E-state index contributed by atoms with van der Waals surface area (Å²) < 4.78 is 0. The van der Waals surface area contributed by atoms with Crippen LogP contribution in [0.15, 0.2) is 36.0 Å². The monoisotopic (exact) mass is 323 g/mol. The van der Waals surface area contributed by atoms with Gasteiger partial charge in [0, 0.05) is 24.0 Å². The van der Waals surface area contributed by atoms with E-state index in [1.165, 1.54) is 34.9 Å².